The lowest BCUT2D eigenvalue weighted by molar-refractivity contribution is -0.870. The largest absolute Gasteiger partial charge is 0.756 e. The second-order valence-electron chi connectivity index (χ2n) is 27.9. The molecule has 0 fully saturated rings. The second-order valence-corrected chi connectivity index (χ2v) is 29.3. The fraction of sp³-hybridized carbons (Fsp3) is 0.922. The highest BCUT2D eigenvalue weighted by Gasteiger charge is 2.27. The molecule has 0 aromatic carbocycles. The first-order valence-electron chi connectivity index (χ1n) is 38.6. The molecule has 87 heavy (non-hydrogen) atoms. The molecule has 0 rings (SSSR count). The predicted octanol–water partition coefficient (Wildman–Crippen LogP) is 24.2. The van der Waals surface area contributed by atoms with E-state index in [0.717, 1.165) is 57.8 Å². The topological polar surface area (TPSA) is 114 Å². The van der Waals surface area contributed by atoms with Crippen LogP contribution in [0.4, 0.5) is 0 Å². The van der Waals surface area contributed by atoms with Gasteiger partial charge in [-0.15, -0.1) is 0 Å². The van der Waals surface area contributed by atoms with Crippen LogP contribution in [-0.2, 0) is 27.9 Å². The van der Waals surface area contributed by atoms with Gasteiger partial charge in [0.15, 0.2) is 0 Å². The lowest BCUT2D eigenvalue weighted by atomic mass is 10.0. The van der Waals surface area contributed by atoms with Gasteiger partial charge in [0.2, 0.25) is 5.91 Å². The SMILES string of the molecule is CCCCCCCC/C=C/CCCCCCCCCCCCCCCCCCCC(=O)OC(/C=C/CCCCCCCCCCCCC)C(COP(=O)([O-])OCC[N+](C)(C)C)NC(=O)CCCCCCCCCCCCCCCCCCCCCCC. The van der Waals surface area contributed by atoms with E-state index in [1.165, 1.54) is 315 Å². The quantitative estimate of drug-likeness (QED) is 0.0212. The van der Waals surface area contributed by atoms with Gasteiger partial charge in [-0.3, -0.25) is 14.2 Å². The Balaban J connectivity index is 4.95. The minimum absolute atomic E-state index is 0.0173. The van der Waals surface area contributed by atoms with E-state index in [0.29, 0.717) is 17.4 Å². The Bertz CT molecular complexity index is 1530. The maximum Gasteiger partial charge on any atom is 0.306 e. The summed E-state index contributed by atoms with van der Waals surface area (Å²) in [6.07, 6.45) is 83.2. The van der Waals surface area contributed by atoms with Crippen LogP contribution >= 0.6 is 7.82 Å². The number of nitrogens with zero attached hydrogens (tertiary/aromatic N) is 1. The number of quaternary nitrogens is 1. The Morgan fingerprint density at radius 3 is 0.977 bits per heavy atom. The molecule has 516 valence electrons. The normalized spacial score (nSPS) is 13.5. The number of phosphoric ester groups is 1. The number of carbonyl (C=O) groups excluding carboxylic acids is 2. The summed E-state index contributed by atoms with van der Waals surface area (Å²) in [5.41, 5.74) is 0. The molecule has 0 aliphatic carbocycles. The molecule has 10 heteroatoms. The van der Waals surface area contributed by atoms with Crippen LogP contribution in [0.15, 0.2) is 24.3 Å². The molecule has 0 saturated carbocycles. The molecule has 3 atom stereocenters. The minimum atomic E-state index is -4.70. The van der Waals surface area contributed by atoms with E-state index < -0.39 is 20.0 Å². The first-order valence-corrected chi connectivity index (χ1v) is 40.1. The van der Waals surface area contributed by atoms with Gasteiger partial charge >= 0.3 is 5.97 Å². The van der Waals surface area contributed by atoms with E-state index in [9.17, 15) is 19.0 Å². The highest BCUT2D eigenvalue weighted by atomic mass is 31.2. The third-order valence-electron chi connectivity index (χ3n) is 17.9. The van der Waals surface area contributed by atoms with Crippen molar-refractivity contribution in [2.45, 2.75) is 418 Å². The molecule has 0 bridgehead atoms. The summed E-state index contributed by atoms with van der Waals surface area (Å²) >= 11 is 0. The van der Waals surface area contributed by atoms with E-state index in [-0.39, 0.29) is 31.5 Å². The minimum Gasteiger partial charge on any atom is -0.756 e. The highest BCUT2D eigenvalue weighted by molar-refractivity contribution is 7.45. The van der Waals surface area contributed by atoms with Crippen molar-refractivity contribution in [3.63, 3.8) is 0 Å². The van der Waals surface area contributed by atoms with Crippen molar-refractivity contribution < 1.29 is 37.3 Å². The zero-order valence-corrected chi connectivity index (χ0v) is 60.2. The molecule has 0 aromatic heterocycles. The molecule has 0 heterocycles. The number of allylic oxidation sites excluding steroid dienone is 3. The summed E-state index contributed by atoms with van der Waals surface area (Å²) in [5.74, 6) is -0.512. The molecular formula is C77H151N2O7P. The molecule has 1 N–H and O–H groups in total. The van der Waals surface area contributed by atoms with Crippen LogP contribution in [0.25, 0.3) is 0 Å². The van der Waals surface area contributed by atoms with Crippen LogP contribution in [0.3, 0.4) is 0 Å². The molecular weight excluding hydrogens is 1100 g/mol. The van der Waals surface area contributed by atoms with E-state index in [2.05, 4.69) is 38.2 Å². The number of hydrogen-bond donors (Lipinski definition) is 1. The third kappa shape index (κ3) is 68.7. The first kappa shape index (κ1) is 85.5. The Morgan fingerprint density at radius 2 is 0.667 bits per heavy atom. The summed E-state index contributed by atoms with van der Waals surface area (Å²) < 4.78 is 30.5. The van der Waals surface area contributed by atoms with Crippen LogP contribution in [0.2, 0.25) is 0 Å². The summed E-state index contributed by atoms with van der Waals surface area (Å²) in [6.45, 7) is 6.93. The summed E-state index contributed by atoms with van der Waals surface area (Å²) in [7, 11) is 1.21. The Kier molecular flexibility index (Phi) is 66.2. The van der Waals surface area contributed by atoms with Crippen LogP contribution in [-0.4, -0.2) is 69.4 Å². The van der Waals surface area contributed by atoms with Gasteiger partial charge in [0, 0.05) is 12.8 Å². The number of amides is 1. The number of nitrogens with one attached hydrogen (secondary N) is 1. The molecule has 0 aromatic rings. The van der Waals surface area contributed by atoms with E-state index in [1.807, 2.05) is 33.3 Å². The van der Waals surface area contributed by atoms with Crippen molar-refractivity contribution in [1.29, 1.82) is 0 Å². The van der Waals surface area contributed by atoms with Crippen LogP contribution in [0, 0.1) is 0 Å². The number of carbonyl (C=O) groups is 2. The number of likely N-dealkylation sites (N-methyl/N-ethyl adjacent to an activating group) is 1. The molecule has 0 aliphatic rings. The number of hydrogen-bond acceptors (Lipinski definition) is 7. The maximum atomic E-state index is 13.6. The fourth-order valence-corrected chi connectivity index (χ4v) is 12.7. The fourth-order valence-electron chi connectivity index (χ4n) is 11.9. The van der Waals surface area contributed by atoms with Gasteiger partial charge in [-0.05, 0) is 57.4 Å². The van der Waals surface area contributed by atoms with Gasteiger partial charge < -0.3 is 28.5 Å². The lowest BCUT2D eigenvalue weighted by Crippen LogP contribution is -2.47. The van der Waals surface area contributed by atoms with E-state index >= 15 is 0 Å². The standard InChI is InChI=1S/C77H151N2O7P/c1-7-10-13-16-19-22-25-28-30-32-34-36-37-38-39-40-41-43-45-47-49-52-55-58-61-64-67-70-77(81)86-75(68-65-62-59-56-53-50-27-24-21-18-15-12-9-3)74(73-85-87(82,83)84-72-71-79(4,5)6)78-76(80)69-66-63-60-57-54-51-48-46-44-42-35-33-31-29-26-23-20-17-14-11-8-2/h28,30,65,68,74-75H,7-27,29,31-64,66-67,69-73H2,1-6H3,(H-,78,80,82,83)/b30-28+,68-65+. The Morgan fingerprint density at radius 1 is 0.391 bits per heavy atom. The number of ether oxygens (including phenoxy) is 1. The molecule has 0 spiro atoms. The van der Waals surface area contributed by atoms with E-state index in [4.69, 9.17) is 13.8 Å². The average Bonchev–Trinajstić information content (AvgIpc) is 3.70. The first-order chi connectivity index (χ1) is 42.4. The Hall–Kier alpha value is -1.51. The molecule has 9 nitrogen and oxygen atoms in total. The van der Waals surface area contributed by atoms with Gasteiger partial charge in [0.25, 0.3) is 7.82 Å². The average molecular weight is 1250 g/mol. The van der Waals surface area contributed by atoms with Crippen LogP contribution in [0.1, 0.15) is 406 Å². The monoisotopic (exact) mass is 1250 g/mol. The lowest BCUT2D eigenvalue weighted by Gasteiger charge is -2.30. The molecule has 0 saturated heterocycles. The molecule has 1 amide bonds. The van der Waals surface area contributed by atoms with Crippen LogP contribution in [0.5, 0.6) is 0 Å². The third-order valence-corrected chi connectivity index (χ3v) is 18.8. The second kappa shape index (κ2) is 67.4. The van der Waals surface area contributed by atoms with Crippen molar-refractivity contribution in [3.05, 3.63) is 24.3 Å². The van der Waals surface area contributed by atoms with Crippen molar-refractivity contribution in [2.75, 3.05) is 40.9 Å². The maximum absolute atomic E-state index is 13.6. The predicted molar refractivity (Wildman–Crippen MR) is 377 cm³/mol. The van der Waals surface area contributed by atoms with Gasteiger partial charge in [-0.2, -0.15) is 0 Å². The van der Waals surface area contributed by atoms with Gasteiger partial charge in [-0.1, -0.05) is 360 Å². The highest BCUT2D eigenvalue weighted by Crippen LogP contribution is 2.38. The smallest absolute Gasteiger partial charge is 0.306 e. The van der Waals surface area contributed by atoms with Crippen molar-refractivity contribution >= 4 is 19.7 Å². The zero-order chi connectivity index (χ0) is 63.5. The number of phosphoric acid groups is 1. The number of esters is 1. The number of rotatable bonds is 72. The van der Waals surface area contributed by atoms with Gasteiger partial charge in [-0.25, -0.2) is 0 Å². The van der Waals surface area contributed by atoms with Crippen molar-refractivity contribution in [1.82, 2.24) is 5.32 Å². The molecule has 0 radical (unpaired) electrons. The number of unbranched alkanes of at least 4 members (excludes halogenated alkanes) is 54. The molecule has 3 unspecified atom stereocenters. The summed E-state index contributed by atoms with van der Waals surface area (Å²) in [6, 6.07) is -0.883. The van der Waals surface area contributed by atoms with E-state index in [1.54, 1.807) is 0 Å². The Labute approximate surface area is 543 Å². The summed E-state index contributed by atoms with van der Waals surface area (Å²) in [4.78, 5) is 40.3. The van der Waals surface area contributed by atoms with Gasteiger partial charge in [0.1, 0.15) is 19.3 Å². The van der Waals surface area contributed by atoms with Crippen molar-refractivity contribution in [3.8, 4) is 0 Å². The molecule has 0 aliphatic heterocycles. The van der Waals surface area contributed by atoms with Gasteiger partial charge in [0.05, 0.1) is 33.8 Å². The zero-order valence-electron chi connectivity index (χ0n) is 59.3. The summed E-state index contributed by atoms with van der Waals surface area (Å²) in [5, 5.41) is 3.06. The van der Waals surface area contributed by atoms with Crippen LogP contribution < -0.4 is 10.2 Å². The van der Waals surface area contributed by atoms with Crippen molar-refractivity contribution in [2.24, 2.45) is 0 Å².